The number of fused-ring (bicyclic) bond motifs is 1. The quantitative estimate of drug-likeness (QED) is 0.877. The average molecular weight is 271 g/mol. The zero-order valence-corrected chi connectivity index (χ0v) is 10.3. The number of carbonyl (C=O) groups is 1. The number of aliphatic carboxylic acids is 1. The monoisotopic (exact) mass is 271 g/mol. The van der Waals surface area contributed by atoms with Crippen molar-refractivity contribution in [3.63, 3.8) is 0 Å². The lowest BCUT2D eigenvalue weighted by molar-refractivity contribution is -0.142. The SMILES string of the molecule is CC(C)(C(=O)O)c1cc2ccc(C(F)(F)F)cc2[nH]1. The zero-order valence-electron chi connectivity index (χ0n) is 10.3. The largest absolute Gasteiger partial charge is 0.481 e. The van der Waals surface area contributed by atoms with Gasteiger partial charge in [0, 0.05) is 11.2 Å². The van der Waals surface area contributed by atoms with E-state index in [0.717, 1.165) is 12.1 Å². The molecule has 0 fully saturated rings. The number of alkyl halides is 3. The van der Waals surface area contributed by atoms with Crippen LogP contribution >= 0.6 is 0 Å². The molecule has 1 aromatic carbocycles. The van der Waals surface area contributed by atoms with Gasteiger partial charge < -0.3 is 10.1 Å². The van der Waals surface area contributed by atoms with Gasteiger partial charge in [0.2, 0.25) is 0 Å². The molecule has 0 aliphatic heterocycles. The summed E-state index contributed by atoms with van der Waals surface area (Å²) >= 11 is 0. The summed E-state index contributed by atoms with van der Waals surface area (Å²) in [7, 11) is 0. The summed E-state index contributed by atoms with van der Waals surface area (Å²) in [6, 6.07) is 4.85. The maximum atomic E-state index is 12.6. The van der Waals surface area contributed by atoms with Gasteiger partial charge in [-0.15, -0.1) is 0 Å². The molecule has 0 amide bonds. The van der Waals surface area contributed by atoms with Crippen LogP contribution in [0.15, 0.2) is 24.3 Å². The smallest absolute Gasteiger partial charge is 0.416 e. The first-order valence-corrected chi connectivity index (χ1v) is 5.56. The van der Waals surface area contributed by atoms with Crippen LogP contribution in [0.4, 0.5) is 13.2 Å². The van der Waals surface area contributed by atoms with Gasteiger partial charge in [-0.1, -0.05) is 6.07 Å². The molecule has 0 atom stereocenters. The van der Waals surface area contributed by atoms with Crippen LogP contribution in [0.1, 0.15) is 25.1 Å². The molecule has 0 aliphatic rings. The van der Waals surface area contributed by atoms with Crippen molar-refractivity contribution in [3.8, 4) is 0 Å². The van der Waals surface area contributed by atoms with Gasteiger partial charge in [0.25, 0.3) is 0 Å². The molecule has 2 aromatic rings. The predicted octanol–water partition coefficient (Wildman–Crippen LogP) is 3.55. The Morgan fingerprint density at radius 1 is 1.21 bits per heavy atom. The molecule has 19 heavy (non-hydrogen) atoms. The normalized spacial score (nSPS) is 12.9. The second kappa shape index (κ2) is 4.01. The number of rotatable bonds is 2. The van der Waals surface area contributed by atoms with E-state index in [1.165, 1.54) is 19.9 Å². The van der Waals surface area contributed by atoms with E-state index in [4.69, 9.17) is 5.11 Å². The minimum Gasteiger partial charge on any atom is -0.481 e. The van der Waals surface area contributed by atoms with E-state index < -0.39 is 23.1 Å². The van der Waals surface area contributed by atoms with Crippen molar-refractivity contribution in [1.29, 1.82) is 0 Å². The first-order valence-electron chi connectivity index (χ1n) is 5.56. The number of carboxylic acids is 1. The summed E-state index contributed by atoms with van der Waals surface area (Å²) in [6.45, 7) is 2.98. The van der Waals surface area contributed by atoms with E-state index in [2.05, 4.69) is 4.98 Å². The summed E-state index contributed by atoms with van der Waals surface area (Å²) < 4.78 is 37.7. The fraction of sp³-hybridized carbons (Fsp3) is 0.308. The molecule has 102 valence electrons. The molecule has 0 saturated carbocycles. The molecule has 1 aromatic heterocycles. The van der Waals surface area contributed by atoms with E-state index in [1.807, 2.05) is 0 Å². The van der Waals surface area contributed by atoms with E-state index in [9.17, 15) is 18.0 Å². The molecule has 2 rings (SSSR count). The Labute approximate surface area is 107 Å². The highest BCUT2D eigenvalue weighted by Crippen LogP contribution is 2.33. The molecule has 1 heterocycles. The second-order valence-electron chi connectivity index (χ2n) is 4.91. The molecule has 2 N–H and O–H groups in total. The Hall–Kier alpha value is -1.98. The Bertz CT molecular complexity index is 641. The highest BCUT2D eigenvalue weighted by Gasteiger charge is 2.33. The van der Waals surface area contributed by atoms with Crippen LogP contribution in [0.3, 0.4) is 0 Å². The second-order valence-corrected chi connectivity index (χ2v) is 4.91. The summed E-state index contributed by atoms with van der Waals surface area (Å²) in [5, 5.41) is 9.66. The molecular weight excluding hydrogens is 259 g/mol. The summed E-state index contributed by atoms with van der Waals surface area (Å²) in [4.78, 5) is 13.9. The minimum atomic E-state index is -4.41. The molecule has 0 bridgehead atoms. The number of nitrogens with one attached hydrogen (secondary N) is 1. The molecule has 0 spiro atoms. The number of aromatic nitrogens is 1. The van der Waals surface area contributed by atoms with Gasteiger partial charge in [0.15, 0.2) is 0 Å². The number of benzene rings is 1. The lowest BCUT2D eigenvalue weighted by atomic mass is 9.90. The number of carboxylic acid groups (broad SMARTS) is 1. The molecular formula is C13H12F3NO2. The first kappa shape index (κ1) is 13.5. The maximum Gasteiger partial charge on any atom is 0.416 e. The summed E-state index contributed by atoms with van der Waals surface area (Å²) in [5.74, 6) is -1.05. The number of halogens is 3. The maximum absolute atomic E-state index is 12.6. The molecule has 0 unspecified atom stereocenters. The van der Waals surface area contributed by atoms with Crippen molar-refractivity contribution in [2.75, 3.05) is 0 Å². The van der Waals surface area contributed by atoms with Crippen molar-refractivity contribution >= 4 is 16.9 Å². The number of hydrogen-bond donors (Lipinski definition) is 2. The van der Waals surface area contributed by atoms with Crippen molar-refractivity contribution in [1.82, 2.24) is 4.98 Å². The third-order valence-corrected chi connectivity index (χ3v) is 3.16. The third kappa shape index (κ3) is 2.30. The third-order valence-electron chi connectivity index (χ3n) is 3.16. The van der Waals surface area contributed by atoms with Crippen molar-refractivity contribution in [2.24, 2.45) is 0 Å². The Kier molecular flexibility index (Phi) is 2.84. The van der Waals surface area contributed by atoms with Crippen molar-refractivity contribution in [3.05, 3.63) is 35.5 Å². The predicted molar refractivity (Wildman–Crippen MR) is 64.0 cm³/mol. The lowest BCUT2D eigenvalue weighted by Crippen LogP contribution is -2.28. The van der Waals surface area contributed by atoms with Crippen molar-refractivity contribution < 1.29 is 23.1 Å². The van der Waals surface area contributed by atoms with Crippen LogP contribution in [0.5, 0.6) is 0 Å². The summed E-state index contributed by atoms with van der Waals surface area (Å²) in [5.41, 5.74) is -1.30. The summed E-state index contributed by atoms with van der Waals surface area (Å²) in [6.07, 6.45) is -4.41. The first-order chi connectivity index (χ1) is 8.62. The van der Waals surface area contributed by atoms with E-state index in [1.54, 1.807) is 6.07 Å². The van der Waals surface area contributed by atoms with Gasteiger partial charge in [-0.2, -0.15) is 13.2 Å². The van der Waals surface area contributed by atoms with Crippen LogP contribution in [0.25, 0.3) is 10.9 Å². The molecule has 0 radical (unpaired) electrons. The topological polar surface area (TPSA) is 53.1 Å². The molecule has 6 heteroatoms. The van der Waals surface area contributed by atoms with Crippen LogP contribution in [-0.4, -0.2) is 16.1 Å². The van der Waals surface area contributed by atoms with Crippen LogP contribution < -0.4 is 0 Å². The highest BCUT2D eigenvalue weighted by atomic mass is 19.4. The molecule has 0 saturated heterocycles. The van der Waals surface area contributed by atoms with Gasteiger partial charge in [-0.25, -0.2) is 0 Å². The zero-order chi connectivity index (χ0) is 14.4. The standard InChI is InChI=1S/C13H12F3NO2/c1-12(2,11(18)19)10-5-7-3-4-8(13(14,15)16)6-9(7)17-10/h3-6,17H,1-2H3,(H,18,19). The van der Waals surface area contributed by atoms with Gasteiger partial charge in [-0.05, 0) is 37.4 Å². The minimum absolute atomic E-state index is 0.277. The fourth-order valence-electron chi connectivity index (χ4n) is 1.76. The van der Waals surface area contributed by atoms with Crippen molar-refractivity contribution in [2.45, 2.75) is 25.4 Å². The molecule has 3 nitrogen and oxygen atoms in total. The highest BCUT2D eigenvalue weighted by molar-refractivity contribution is 5.86. The Morgan fingerprint density at radius 3 is 2.37 bits per heavy atom. The average Bonchev–Trinajstić information content (AvgIpc) is 2.70. The number of H-pyrrole nitrogens is 1. The Balaban J connectivity index is 2.56. The number of hydrogen-bond acceptors (Lipinski definition) is 1. The fourth-order valence-corrected chi connectivity index (χ4v) is 1.76. The number of aromatic amines is 1. The van der Waals surface area contributed by atoms with E-state index >= 15 is 0 Å². The van der Waals surface area contributed by atoms with E-state index in [0.29, 0.717) is 11.1 Å². The van der Waals surface area contributed by atoms with Gasteiger partial charge in [0.05, 0.1) is 5.56 Å². The Morgan fingerprint density at radius 2 is 1.84 bits per heavy atom. The van der Waals surface area contributed by atoms with E-state index in [-0.39, 0.29) is 5.52 Å². The van der Waals surface area contributed by atoms with Gasteiger partial charge in [-0.3, -0.25) is 4.79 Å². The van der Waals surface area contributed by atoms with Crippen LogP contribution in [0.2, 0.25) is 0 Å². The lowest BCUT2D eigenvalue weighted by Gasteiger charge is -2.16. The van der Waals surface area contributed by atoms with Gasteiger partial charge in [0.1, 0.15) is 5.41 Å². The van der Waals surface area contributed by atoms with Gasteiger partial charge >= 0.3 is 12.1 Å². The van der Waals surface area contributed by atoms with Crippen LogP contribution in [0, 0.1) is 0 Å². The van der Waals surface area contributed by atoms with Crippen LogP contribution in [-0.2, 0) is 16.4 Å². The molecule has 0 aliphatic carbocycles.